The molecule has 2 amide bonds. The fourth-order valence-electron chi connectivity index (χ4n) is 3.01. The van der Waals surface area contributed by atoms with Gasteiger partial charge in [-0.05, 0) is 77.9 Å². The lowest BCUT2D eigenvalue weighted by Gasteiger charge is -2.24. The van der Waals surface area contributed by atoms with Crippen LogP contribution in [0.1, 0.15) is 58.8 Å². The van der Waals surface area contributed by atoms with Crippen molar-refractivity contribution in [2.24, 2.45) is 0 Å². The second-order valence-corrected chi connectivity index (χ2v) is 9.56. The molecule has 0 saturated carbocycles. The number of hydrogen-bond donors (Lipinski definition) is 3. The van der Waals surface area contributed by atoms with Crippen molar-refractivity contribution in [1.82, 2.24) is 0 Å². The number of aliphatic hydroxyl groups excluding tert-OH is 1. The molecule has 0 bridgehead atoms. The molecule has 0 heterocycles. The largest absolute Gasteiger partial charge is 0.497 e. The van der Waals surface area contributed by atoms with Gasteiger partial charge in [-0.2, -0.15) is 0 Å². The monoisotopic (exact) mass is 474 g/mol. The first-order valence-electron chi connectivity index (χ1n) is 10.8. The summed E-state index contributed by atoms with van der Waals surface area (Å²) in [7, 11) is 2.99. The Bertz CT molecular complexity index is 941. The molecule has 34 heavy (non-hydrogen) atoms. The lowest BCUT2D eigenvalue weighted by Crippen LogP contribution is -2.28. The van der Waals surface area contributed by atoms with E-state index in [-0.39, 0.29) is 0 Å². The Hall–Kier alpha value is -3.46. The molecular formula is C25H34N2O7. The maximum absolute atomic E-state index is 12.4. The number of amides is 2. The van der Waals surface area contributed by atoms with Gasteiger partial charge in [-0.1, -0.05) is 0 Å². The highest BCUT2D eigenvalue weighted by Gasteiger charge is 2.24. The Morgan fingerprint density at radius 1 is 0.735 bits per heavy atom. The van der Waals surface area contributed by atoms with Crippen LogP contribution >= 0.6 is 0 Å². The van der Waals surface area contributed by atoms with E-state index >= 15 is 0 Å². The Balaban J connectivity index is 2.49. The maximum atomic E-state index is 12.4. The van der Waals surface area contributed by atoms with Gasteiger partial charge in [-0.25, -0.2) is 9.59 Å². The summed E-state index contributed by atoms with van der Waals surface area (Å²) in [6.45, 7) is 10.5. The summed E-state index contributed by atoms with van der Waals surface area (Å²) in [5.74, 6) is 0.932. The fraction of sp³-hybridized carbons (Fsp3) is 0.440. The van der Waals surface area contributed by atoms with Crippen molar-refractivity contribution in [3.8, 4) is 11.5 Å². The van der Waals surface area contributed by atoms with Crippen molar-refractivity contribution < 1.29 is 33.6 Å². The molecule has 9 nitrogen and oxygen atoms in total. The van der Waals surface area contributed by atoms with Gasteiger partial charge in [-0.3, -0.25) is 10.6 Å². The zero-order valence-electron chi connectivity index (χ0n) is 20.9. The van der Waals surface area contributed by atoms with E-state index in [1.807, 2.05) is 0 Å². The number of ether oxygens (including phenoxy) is 4. The van der Waals surface area contributed by atoms with Crippen LogP contribution in [-0.2, 0) is 9.47 Å². The van der Waals surface area contributed by atoms with Crippen molar-refractivity contribution in [2.75, 3.05) is 24.9 Å². The van der Waals surface area contributed by atoms with Gasteiger partial charge in [-0.15, -0.1) is 0 Å². The molecule has 0 spiro atoms. The van der Waals surface area contributed by atoms with Gasteiger partial charge in [0, 0.05) is 11.1 Å². The van der Waals surface area contributed by atoms with Gasteiger partial charge in [0.2, 0.25) is 0 Å². The average Bonchev–Trinajstić information content (AvgIpc) is 2.71. The number of anilines is 2. The SMILES string of the molecule is COc1ccc(NC(=O)OC(C)(C)C)c(C(O)c2cc(OC)ccc2NC(=O)OC(C)(C)C)c1. The standard InChI is InChI=1S/C25H34N2O7/c1-24(2,3)33-22(29)26-19-11-9-15(31-7)13-17(19)21(28)18-14-16(32-8)10-12-20(18)27-23(30)34-25(4,5)6/h9-14,21,28H,1-8H3,(H,26,29)(H,27,30). The van der Waals surface area contributed by atoms with Crippen LogP contribution in [0.15, 0.2) is 36.4 Å². The first kappa shape index (κ1) is 26.8. The third-order valence-corrected chi connectivity index (χ3v) is 4.38. The Kier molecular flexibility index (Phi) is 8.39. The molecule has 0 unspecified atom stereocenters. The van der Waals surface area contributed by atoms with Gasteiger partial charge in [0.1, 0.15) is 28.8 Å². The van der Waals surface area contributed by atoms with Crippen LogP contribution in [0.2, 0.25) is 0 Å². The molecule has 0 aliphatic rings. The number of methoxy groups -OCH3 is 2. The van der Waals surface area contributed by atoms with Gasteiger partial charge in [0.15, 0.2) is 0 Å². The second-order valence-electron chi connectivity index (χ2n) is 9.56. The van der Waals surface area contributed by atoms with E-state index in [0.29, 0.717) is 34.0 Å². The summed E-state index contributed by atoms with van der Waals surface area (Å²) >= 11 is 0. The summed E-state index contributed by atoms with van der Waals surface area (Å²) in [4.78, 5) is 24.8. The number of carbonyl (C=O) groups excluding carboxylic acids is 2. The normalized spacial score (nSPS) is 11.6. The lowest BCUT2D eigenvalue weighted by molar-refractivity contribution is 0.0624. The van der Waals surface area contributed by atoms with Crippen LogP contribution in [-0.4, -0.2) is 42.7 Å². The summed E-state index contributed by atoms with van der Waals surface area (Å²) in [6.07, 6.45) is -2.63. The van der Waals surface area contributed by atoms with Gasteiger partial charge in [0.25, 0.3) is 0 Å². The van der Waals surface area contributed by atoms with Gasteiger partial charge >= 0.3 is 12.2 Å². The van der Waals surface area contributed by atoms with E-state index in [2.05, 4.69) is 10.6 Å². The summed E-state index contributed by atoms with van der Waals surface area (Å²) < 4.78 is 21.3. The average molecular weight is 475 g/mol. The molecule has 0 radical (unpaired) electrons. The van der Waals surface area contributed by atoms with Crippen LogP contribution in [0, 0.1) is 0 Å². The van der Waals surface area contributed by atoms with Gasteiger partial charge < -0.3 is 24.1 Å². The Labute approximate surface area is 200 Å². The molecule has 0 aliphatic heterocycles. The number of nitrogens with one attached hydrogen (secondary N) is 2. The number of benzene rings is 2. The molecule has 3 N–H and O–H groups in total. The molecule has 2 rings (SSSR count). The number of aliphatic hydroxyl groups is 1. The number of carbonyl (C=O) groups is 2. The van der Waals surface area contributed by atoms with E-state index < -0.39 is 29.5 Å². The fourth-order valence-corrected chi connectivity index (χ4v) is 3.01. The van der Waals surface area contributed by atoms with E-state index in [4.69, 9.17) is 18.9 Å². The van der Waals surface area contributed by atoms with E-state index in [0.717, 1.165) is 0 Å². The third-order valence-electron chi connectivity index (χ3n) is 4.38. The molecule has 2 aromatic carbocycles. The minimum absolute atomic E-state index is 0.314. The predicted molar refractivity (Wildman–Crippen MR) is 130 cm³/mol. The molecule has 0 aliphatic carbocycles. The molecule has 0 fully saturated rings. The van der Waals surface area contributed by atoms with Crippen LogP contribution < -0.4 is 20.1 Å². The second kappa shape index (κ2) is 10.6. The predicted octanol–water partition coefficient (Wildman–Crippen LogP) is 5.48. The zero-order valence-corrected chi connectivity index (χ0v) is 20.9. The first-order valence-corrected chi connectivity index (χ1v) is 10.8. The van der Waals surface area contributed by atoms with Crippen molar-refractivity contribution in [3.63, 3.8) is 0 Å². The number of hydrogen-bond acceptors (Lipinski definition) is 7. The Morgan fingerprint density at radius 2 is 1.09 bits per heavy atom. The minimum atomic E-state index is -1.28. The van der Waals surface area contributed by atoms with Crippen molar-refractivity contribution >= 4 is 23.6 Å². The molecular weight excluding hydrogens is 440 g/mol. The van der Waals surface area contributed by atoms with Crippen molar-refractivity contribution in [2.45, 2.75) is 58.8 Å². The van der Waals surface area contributed by atoms with E-state index in [1.54, 1.807) is 77.9 Å². The van der Waals surface area contributed by atoms with Gasteiger partial charge in [0.05, 0.1) is 25.6 Å². The minimum Gasteiger partial charge on any atom is -0.497 e. The van der Waals surface area contributed by atoms with E-state index in [1.165, 1.54) is 14.2 Å². The van der Waals surface area contributed by atoms with Crippen LogP contribution in [0.4, 0.5) is 21.0 Å². The molecule has 0 atom stereocenters. The zero-order chi connectivity index (χ0) is 25.7. The molecule has 0 aromatic heterocycles. The topological polar surface area (TPSA) is 115 Å². The highest BCUT2D eigenvalue weighted by Crippen LogP contribution is 2.37. The first-order chi connectivity index (χ1) is 15.7. The third kappa shape index (κ3) is 7.84. The highest BCUT2D eigenvalue weighted by molar-refractivity contribution is 5.88. The molecule has 2 aromatic rings. The summed E-state index contributed by atoms with van der Waals surface area (Å²) in [6, 6.07) is 9.68. The van der Waals surface area contributed by atoms with Crippen LogP contribution in [0.5, 0.6) is 11.5 Å². The highest BCUT2D eigenvalue weighted by atomic mass is 16.6. The van der Waals surface area contributed by atoms with E-state index in [9.17, 15) is 14.7 Å². The maximum Gasteiger partial charge on any atom is 0.412 e. The lowest BCUT2D eigenvalue weighted by atomic mass is 9.97. The molecule has 0 saturated heterocycles. The summed E-state index contributed by atoms with van der Waals surface area (Å²) in [5, 5.41) is 16.7. The Morgan fingerprint density at radius 3 is 1.38 bits per heavy atom. The van der Waals surface area contributed by atoms with Crippen molar-refractivity contribution in [1.29, 1.82) is 0 Å². The quantitative estimate of drug-likeness (QED) is 0.508. The molecule has 9 heteroatoms. The van der Waals surface area contributed by atoms with Crippen LogP contribution in [0.25, 0.3) is 0 Å². The van der Waals surface area contributed by atoms with Crippen molar-refractivity contribution in [3.05, 3.63) is 47.5 Å². The molecule has 186 valence electrons. The number of rotatable bonds is 6. The van der Waals surface area contributed by atoms with Crippen LogP contribution in [0.3, 0.4) is 0 Å². The smallest absolute Gasteiger partial charge is 0.412 e. The summed E-state index contributed by atoms with van der Waals surface area (Å²) in [5.41, 5.74) is -0.127.